The first-order valence-electron chi connectivity index (χ1n) is 11.3. The van der Waals surface area contributed by atoms with Gasteiger partial charge in [-0.05, 0) is 61.0 Å². The summed E-state index contributed by atoms with van der Waals surface area (Å²) in [6.45, 7) is 1.43. The molecule has 0 aliphatic carbocycles. The van der Waals surface area contributed by atoms with Crippen LogP contribution in [0.2, 0.25) is 5.02 Å². The van der Waals surface area contributed by atoms with Crippen molar-refractivity contribution in [2.24, 2.45) is 5.92 Å². The zero-order valence-electron chi connectivity index (χ0n) is 18.7. The Kier molecular flexibility index (Phi) is 4.73. The molecule has 174 valence electrons. The van der Waals surface area contributed by atoms with E-state index in [0.29, 0.717) is 33.1 Å². The molecule has 3 aromatic carbocycles. The summed E-state index contributed by atoms with van der Waals surface area (Å²) >= 11 is 6.06. The van der Waals surface area contributed by atoms with Crippen LogP contribution in [0.4, 0.5) is 15.8 Å². The van der Waals surface area contributed by atoms with Crippen molar-refractivity contribution in [3.63, 3.8) is 0 Å². The summed E-state index contributed by atoms with van der Waals surface area (Å²) < 4.78 is 14.1. The third-order valence-electron chi connectivity index (χ3n) is 7.42. The first-order valence-corrected chi connectivity index (χ1v) is 11.7. The molecule has 0 radical (unpaired) electrons. The second kappa shape index (κ2) is 7.62. The number of rotatable bonds is 3. The van der Waals surface area contributed by atoms with E-state index < -0.39 is 29.2 Å². The summed E-state index contributed by atoms with van der Waals surface area (Å²) in [7, 11) is 0. The fraction of sp³-hybridized carbons (Fsp3) is 0.179. The minimum atomic E-state index is -1.35. The lowest BCUT2D eigenvalue weighted by Crippen LogP contribution is -2.51. The standard InChI is InChI=1S/C28H20ClFN2O3/c1-15(33)25-24(26(34)16-6-9-18(29)10-7-16)28(20-4-2-3-5-21(20)31-27(28)35)23-13-8-17-14-19(30)11-12-22(17)32(23)25/h2-14,23-25H,1H3,(H,31,35)/t23-,24-,25-,28-/m1/s1. The van der Waals surface area contributed by atoms with Crippen molar-refractivity contribution in [3.8, 4) is 0 Å². The number of benzene rings is 3. The molecular formula is C28H20ClFN2O3. The quantitative estimate of drug-likeness (QED) is 0.527. The van der Waals surface area contributed by atoms with Crippen molar-refractivity contribution < 1.29 is 18.8 Å². The summed E-state index contributed by atoms with van der Waals surface area (Å²) in [4.78, 5) is 43.3. The molecule has 35 heavy (non-hydrogen) atoms. The average molecular weight is 487 g/mol. The van der Waals surface area contributed by atoms with Gasteiger partial charge >= 0.3 is 0 Å². The molecule has 5 nitrogen and oxygen atoms in total. The SMILES string of the molecule is CC(=O)[C@@H]1[C@H](C(=O)c2ccc(Cl)cc2)[C@]2(C(=O)Nc3ccccc32)[C@H]2C=Cc3cc(F)ccc3N12. The molecule has 1 saturated heterocycles. The molecular weight excluding hydrogens is 467 g/mol. The summed E-state index contributed by atoms with van der Waals surface area (Å²) in [6.07, 6.45) is 3.58. The predicted molar refractivity (Wildman–Crippen MR) is 132 cm³/mol. The van der Waals surface area contributed by atoms with Gasteiger partial charge in [-0.3, -0.25) is 14.4 Å². The van der Waals surface area contributed by atoms with E-state index in [2.05, 4.69) is 5.32 Å². The number of amides is 1. The lowest BCUT2D eigenvalue weighted by atomic mass is 9.64. The van der Waals surface area contributed by atoms with E-state index in [1.54, 1.807) is 42.5 Å². The van der Waals surface area contributed by atoms with E-state index in [4.69, 9.17) is 11.6 Å². The Bertz CT molecular complexity index is 1450. The molecule has 3 heterocycles. The van der Waals surface area contributed by atoms with E-state index in [-0.39, 0.29) is 17.5 Å². The van der Waals surface area contributed by atoms with E-state index in [0.717, 1.165) is 0 Å². The van der Waals surface area contributed by atoms with Crippen LogP contribution in [-0.2, 0) is 15.0 Å². The Labute approximate surface area is 206 Å². The summed E-state index contributed by atoms with van der Waals surface area (Å²) in [6, 6.07) is 16.5. The maximum absolute atomic E-state index is 14.2. The van der Waals surface area contributed by atoms with Crippen molar-refractivity contribution in [1.82, 2.24) is 0 Å². The van der Waals surface area contributed by atoms with Crippen LogP contribution in [0.5, 0.6) is 0 Å². The van der Waals surface area contributed by atoms with Crippen molar-refractivity contribution in [3.05, 3.63) is 100 Å². The van der Waals surface area contributed by atoms with Gasteiger partial charge in [-0.25, -0.2) is 4.39 Å². The van der Waals surface area contributed by atoms with Crippen LogP contribution in [0.25, 0.3) is 6.08 Å². The third-order valence-corrected chi connectivity index (χ3v) is 7.67. The van der Waals surface area contributed by atoms with Crippen LogP contribution in [0.1, 0.15) is 28.4 Å². The number of fused-ring (bicyclic) bond motifs is 6. The fourth-order valence-corrected chi connectivity index (χ4v) is 6.22. The minimum Gasteiger partial charge on any atom is -0.352 e. The molecule has 6 rings (SSSR count). The van der Waals surface area contributed by atoms with Gasteiger partial charge in [0.25, 0.3) is 0 Å². The van der Waals surface area contributed by atoms with Gasteiger partial charge in [0.15, 0.2) is 11.6 Å². The molecule has 1 fully saturated rings. The molecule has 1 N–H and O–H groups in total. The van der Waals surface area contributed by atoms with Gasteiger partial charge in [-0.2, -0.15) is 0 Å². The number of nitrogens with one attached hydrogen (secondary N) is 1. The summed E-state index contributed by atoms with van der Waals surface area (Å²) in [5.41, 5.74) is 1.51. The number of ketones is 2. The number of anilines is 2. The Morgan fingerprint density at radius 3 is 2.54 bits per heavy atom. The topological polar surface area (TPSA) is 66.5 Å². The van der Waals surface area contributed by atoms with Crippen molar-refractivity contribution in [1.29, 1.82) is 0 Å². The molecule has 3 aliphatic heterocycles. The molecule has 1 spiro atoms. The molecule has 0 bridgehead atoms. The van der Waals surface area contributed by atoms with Crippen molar-refractivity contribution in [2.75, 3.05) is 10.2 Å². The summed E-state index contributed by atoms with van der Waals surface area (Å²) in [5.74, 6) is -2.32. The van der Waals surface area contributed by atoms with E-state index in [9.17, 15) is 18.8 Å². The second-order valence-corrected chi connectivity index (χ2v) is 9.62. The molecule has 1 amide bonds. The van der Waals surface area contributed by atoms with Gasteiger partial charge in [0, 0.05) is 27.5 Å². The largest absolute Gasteiger partial charge is 0.352 e. The van der Waals surface area contributed by atoms with Crippen LogP contribution in [0.3, 0.4) is 0 Å². The zero-order valence-corrected chi connectivity index (χ0v) is 19.4. The highest BCUT2D eigenvalue weighted by molar-refractivity contribution is 6.30. The number of hydrogen-bond acceptors (Lipinski definition) is 4. The highest BCUT2D eigenvalue weighted by Gasteiger charge is 2.69. The fourth-order valence-electron chi connectivity index (χ4n) is 6.10. The van der Waals surface area contributed by atoms with Gasteiger partial charge < -0.3 is 10.2 Å². The number of para-hydroxylation sites is 1. The highest BCUT2D eigenvalue weighted by Crippen LogP contribution is 2.57. The smallest absolute Gasteiger partial charge is 0.238 e. The molecule has 0 unspecified atom stereocenters. The highest BCUT2D eigenvalue weighted by atomic mass is 35.5. The lowest BCUT2D eigenvalue weighted by Gasteiger charge is -2.37. The maximum Gasteiger partial charge on any atom is 0.238 e. The monoisotopic (exact) mass is 486 g/mol. The van der Waals surface area contributed by atoms with Crippen LogP contribution >= 0.6 is 11.6 Å². The molecule has 0 saturated carbocycles. The van der Waals surface area contributed by atoms with Crippen molar-refractivity contribution >= 4 is 46.5 Å². The first kappa shape index (κ1) is 21.7. The normalized spacial score (nSPS) is 25.7. The Balaban J connectivity index is 1.65. The average Bonchev–Trinajstić information content (AvgIpc) is 3.32. The Hall–Kier alpha value is -3.77. The lowest BCUT2D eigenvalue weighted by molar-refractivity contribution is -0.122. The first-order chi connectivity index (χ1) is 16.8. The number of Topliss-reactive ketones (excluding diaryl/α,β-unsaturated/α-hetero) is 2. The van der Waals surface area contributed by atoms with Gasteiger partial charge in [-0.15, -0.1) is 0 Å². The van der Waals surface area contributed by atoms with Crippen molar-refractivity contribution in [2.45, 2.75) is 24.4 Å². The number of halogens is 2. The van der Waals surface area contributed by atoms with Crippen LogP contribution in [-0.4, -0.2) is 29.6 Å². The van der Waals surface area contributed by atoms with Crippen LogP contribution in [0, 0.1) is 11.7 Å². The number of nitrogens with zero attached hydrogens (tertiary/aromatic N) is 1. The molecule has 3 aromatic rings. The summed E-state index contributed by atoms with van der Waals surface area (Å²) in [5, 5.41) is 3.43. The van der Waals surface area contributed by atoms with Crippen LogP contribution < -0.4 is 10.2 Å². The minimum absolute atomic E-state index is 0.248. The number of carbonyl (C=O) groups is 3. The van der Waals surface area contributed by atoms with E-state index in [1.165, 1.54) is 19.1 Å². The molecule has 7 heteroatoms. The molecule has 3 aliphatic rings. The van der Waals surface area contributed by atoms with E-state index in [1.807, 2.05) is 29.2 Å². The van der Waals surface area contributed by atoms with Crippen LogP contribution in [0.15, 0.2) is 72.8 Å². The molecule has 0 aromatic heterocycles. The Morgan fingerprint density at radius 2 is 1.80 bits per heavy atom. The zero-order chi connectivity index (χ0) is 24.5. The van der Waals surface area contributed by atoms with Gasteiger partial charge in [0.1, 0.15) is 11.2 Å². The second-order valence-electron chi connectivity index (χ2n) is 9.19. The number of hydrogen-bond donors (Lipinski definition) is 1. The van der Waals surface area contributed by atoms with Gasteiger partial charge in [0.2, 0.25) is 5.91 Å². The Morgan fingerprint density at radius 1 is 1.06 bits per heavy atom. The number of carbonyl (C=O) groups excluding carboxylic acids is 3. The van der Waals surface area contributed by atoms with E-state index >= 15 is 0 Å². The third kappa shape index (κ3) is 2.89. The van der Waals surface area contributed by atoms with Gasteiger partial charge in [-0.1, -0.05) is 42.0 Å². The van der Waals surface area contributed by atoms with Gasteiger partial charge in [0.05, 0.1) is 18.0 Å². The maximum atomic E-state index is 14.2. The molecule has 4 atom stereocenters. The predicted octanol–water partition coefficient (Wildman–Crippen LogP) is 5.04.